The van der Waals surface area contributed by atoms with Crippen LogP contribution in [0.15, 0.2) is 4.52 Å². The van der Waals surface area contributed by atoms with E-state index in [1.165, 1.54) is 0 Å². The summed E-state index contributed by atoms with van der Waals surface area (Å²) in [5.74, 6) is 0.513. The maximum Gasteiger partial charge on any atom is 0.235 e. The molecule has 16 heavy (non-hydrogen) atoms. The number of aromatic nitrogens is 1. The molecule has 0 spiro atoms. The van der Waals surface area contributed by atoms with Crippen molar-refractivity contribution in [1.29, 1.82) is 0 Å². The average molecular weight is 244 g/mol. The molecule has 90 valence electrons. The monoisotopic (exact) mass is 244 g/mol. The molecule has 0 bridgehead atoms. The molecule has 1 saturated carbocycles. The number of hydrogen-bond donors (Lipinski definition) is 1. The van der Waals surface area contributed by atoms with Crippen molar-refractivity contribution in [3.8, 4) is 0 Å². The molecule has 1 aliphatic carbocycles. The van der Waals surface area contributed by atoms with Gasteiger partial charge in [-0.1, -0.05) is 18.0 Å². The Morgan fingerprint density at radius 2 is 1.94 bits per heavy atom. The molecule has 1 aromatic rings. The van der Waals surface area contributed by atoms with Crippen LogP contribution in [0.2, 0.25) is 0 Å². The third-order valence-electron chi connectivity index (χ3n) is 3.02. The van der Waals surface area contributed by atoms with Gasteiger partial charge in [0, 0.05) is 0 Å². The minimum atomic E-state index is -3.28. The van der Waals surface area contributed by atoms with Crippen LogP contribution in [0, 0.1) is 13.8 Å². The molecule has 0 radical (unpaired) electrons. The fourth-order valence-corrected chi connectivity index (χ4v) is 3.75. The summed E-state index contributed by atoms with van der Waals surface area (Å²) in [6.45, 7) is 3.43. The van der Waals surface area contributed by atoms with Crippen LogP contribution in [0.4, 0.5) is 5.69 Å². The number of hydrogen-bond acceptors (Lipinski definition) is 4. The van der Waals surface area contributed by atoms with Crippen molar-refractivity contribution >= 4 is 15.7 Å². The highest BCUT2D eigenvalue weighted by atomic mass is 32.2. The van der Waals surface area contributed by atoms with E-state index in [1.807, 2.05) is 0 Å². The van der Waals surface area contributed by atoms with Gasteiger partial charge in [0.25, 0.3) is 0 Å². The van der Waals surface area contributed by atoms with Gasteiger partial charge in [-0.05, 0) is 26.7 Å². The molecular weight excluding hydrogens is 228 g/mol. The van der Waals surface area contributed by atoms with E-state index in [4.69, 9.17) is 4.52 Å². The zero-order valence-electron chi connectivity index (χ0n) is 9.49. The van der Waals surface area contributed by atoms with Gasteiger partial charge in [0.05, 0.1) is 5.25 Å². The molecule has 0 unspecified atom stereocenters. The van der Waals surface area contributed by atoms with Crippen molar-refractivity contribution in [1.82, 2.24) is 5.16 Å². The second-order valence-corrected chi connectivity index (χ2v) is 6.21. The van der Waals surface area contributed by atoms with Gasteiger partial charge in [0.15, 0.2) is 5.76 Å². The molecule has 1 N–H and O–H groups in total. The Bertz CT molecular complexity index is 453. The number of nitrogens with one attached hydrogen (secondary N) is 1. The van der Waals surface area contributed by atoms with Gasteiger partial charge in [-0.2, -0.15) is 0 Å². The molecule has 0 aliphatic heterocycles. The Balaban J connectivity index is 2.20. The molecule has 2 rings (SSSR count). The smallest absolute Gasteiger partial charge is 0.235 e. The lowest BCUT2D eigenvalue weighted by atomic mass is 10.3. The Kier molecular flexibility index (Phi) is 2.92. The highest BCUT2D eigenvalue weighted by Gasteiger charge is 2.30. The second kappa shape index (κ2) is 4.08. The summed E-state index contributed by atoms with van der Waals surface area (Å²) in [5.41, 5.74) is 1.07. The predicted octanol–water partition coefficient (Wildman–Crippen LogP) is 1.98. The third-order valence-corrected chi connectivity index (χ3v) is 4.86. The zero-order chi connectivity index (χ0) is 11.8. The molecule has 0 amide bonds. The van der Waals surface area contributed by atoms with Crippen LogP contribution in [-0.4, -0.2) is 18.8 Å². The van der Waals surface area contributed by atoms with E-state index in [0.717, 1.165) is 25.7 Å². The molecule has 1 aromatic heterocycles. The van der Waals surface area contributed by atoms with Gasteiger partial charge >= 0.3 is 0 Å². The fourth-order valence-electron chi connectivity index (χ4n) is 2.05. The number of nitrogens with zero attached hydrogens (tertiary/aromatic N) is 1. The summed E-state index contributed by atoms with van der Waals surface area (Å²) in [6.07, 6.45) is 3.48. The van der Waals surface area contributed by atoms with Crippen LogP contribution in [0.3, 0.4) is 0 Å². The van der Waals surface area contributed by atoms with Gasteiger partial charge in [-0.25, -0.2) is 8.42 Å². The van der Waals surface area contributed by atoms with Gasteiger partial charge < -0.3 is 4.52 Å². The SMILES string of the molecule is Cc1noc(C)c1NS(=O)(=O)C1CCCC1. The highest BCUT2D eigenvalue weighted by Crippen LogP contribution is 2.28. The third kappa shape index (κ3) is 2.07. The van der Waals surface area contributed by atoms with Crippen LogP contribution in [0.5, 0.6) is 0 Å². The Morgan fingerprint density at radius 1 is 1.31 bits per heavy atom. The first-order valence-corrected chi connectivity index (χ1v) is 7.00. The molecule has 0 aromatic carbocycles. The maximum atomic E-state index is 12.0. The van der Waals surface area contributed by atoms with Crippen molar-refractivity contribution < 1.29 is 12.9 Å². The van der Waals surface area contributed by atoms with E-state index in [-0.39, 0.29) is 5.25 Å². The van der Waals surface area contributed by atoms with E-state index in [0.29, 0.717) is 17.1 Å². The summed E-state index contributed by atoms with van der Waals surface area (Å²) in [6, 6.07) is 0. The Labute approximate surface area is 95.3 Å². The van der Waals surface area contributed by atoms with Crippen LogP contribution in [-0.2, 0) is 10.0 Å². The standard InChI is InChI=1S/C10H16N2O3S/c1-7-10(8(2)15-11-7)12-16(13,14)9-5-3-4-6-9/h9,12H,3-6H2,1-2H3. The van der Waals surface area contributed by atoms with Crippen molar-refractivity contribution in [3.63, 3.8) is 0 Å². The first-order chi connectivity index (χ1) is 7.50. The summed E-state index contributed by atoms with van der Waals surface area (Å²) in [7, 11) is -3.28. The highest BCUT2D eigenvalue weighted by molar-refractivity contribution is 7.93. The van der Waals surface area contributed by atoms with Crippen LogP contribution in [0.1, 0.15) is 37.1 Å². The first kappa shape index (κ1) is 11.4. The Morgan fingerprint density at radius 3 is 2.44 bits per heavy atom. The fraction of sp³-hybridized carbons (Fsp3) is 0.700. The van der Waals surface area contributed by atoms with Crippen LogP contribution in [0.25, 0.3) is 0 Å². The number of rotatable bonds is 3. The van der Waals surface area contributed by atoms with Crippen LogP contribution < -0.4 is 4.72 Å². The van der Waals surface area contributed by atoms with Gasteiger partial charge in [-0.15, -0.1) is 0 Å². The topological polar surface area (TPSA) is 72.2 Å². The lowest BCUT2D eigenvalue weighted by Crippen LogP contribution is -2.25. The maximum absolute atomic E-state index is 12.0. The minimum absolute atomic E-state index is 0.263. The van der Waals surface area contributed by atoms with Crippen molar-refractivity contribution in [2.24, 2.45) is 0 Å². The van der Waals surface area contributed by atoms with Gasteiger partial charge in [0.2, 0.25) is 10.0 Å². The molecule has 6 heteroatoms. The first-order valence-electron chi connectivity index (χ1n) is 5.45. The zero-order valence-corrected chi connectivity index (χ0v) is 10.3. The Hall–Kier alpha value is -1.04. The number of sulfonamides is 1. The van der Waals surface area contributed by atoms with Gasteiger partial charge in [0.1, 0.15) is 11.4 Å². The number of anilines is 1. The van der Waals surface area contributed by atoms with E-state index in [2.05, 4.69) is 9.88 Å². The normalized spacial score (nSPS) is 17.9. The lowest BCUT2D eigenvalue weighted by molar-refractivity contribution is 0.393. The average Bonchev–Trinajstić information content (AvgIpc) is 2.83. The minimum Gasteiger partial charge on any atom is -0.359 e. The molecular formula is C10H16N2O3S. The molecule has 1 fully saturated rings. The molecule has 0 atom stereocenters. The van der Waals surface area contributed by atoms with E-state index < -0.39 is 10.0 Å². The summed E-state index contributed by atoms with van der Waals surface area (Å²) >= 11 is 0. The summed E-state index contributed by atoms with van der Waals surface area (Å²) < 4.78 is 31.6. The molecule has 5 nitrogen and oxygen atoms in total. The summed E-state index contributed by atoms with van der Waals surface area (Å²) in [4.78, 5) is 0. The molecule has 1 heterocycles. The van der Waals surface area contributed by atoms with Crippen molar-refractivity contribution in [2.75, 3.05) is 4.72 Å². The predicted molar refractivity (Wildman–Crippen MR) is 60.8 cm³/mol. The van der Waals surface area contributed by atoms with Crippen molar-refractivity contribution in [3.05, 3.63) is 11.5 Å². The van der Waals surface area contributed by atoms with Crippen LogP contribution >= 0.6 is 0 Å². The quantitative estimate of drug-likeness (QED) is 0.882. The van der Waals surface area contributed by atoms with E-state index in [9.17, 15) is 8.42 Å². The summed E-state index contributed by atoms with van der Waals surface area (Å²) in [5, 5.41) is 3.46. The van der Waals surface area contributed by atoms with Gasteiger partial charge in [-0.3, -0.25) is 4.72 Å². The van der Waals surface area contributed by atoms with Crippen molar-refractivity contribution in [2.45, 2.75) is 44.8 Å². The van der Waals surface area contributed by atoms with E-state index >= 15 is 0 Å². The lowest BCUT2D eigenvalue weighted by Gasteiger charge is -2.12. The molecule has 0 saturated heterocycles. The largest absolute Gasteiger partial charge is 0.359 e. The van der Waals surface area contributed by atoms with E-state index in [1.54, 1.807) is 13.8 Å². The second-order valence-electron chi connectivity index (χ2n) is 4.25. The molecule has 1 aliphatic rings. The number of aryl methyl sites for hydroxylation is 2.